The Hall–Kier alpha value is -2.69. The van der Waals surface area contributed by atoms with Gasteiger partial charge in [0.2, 0.25) is 0 Å². The lowest BCUT2D eigenvalue weighted by atomic mass is 9.91. The van der Waals surface area contributed by atoms with Crippen LogP contribution in [0.3, 0.4) is 0 Å². The van der Waals surface area contributed by atoms with Crippen LogP contribution in [0.15, 0.2) is 42.5 Å². The van der Waals surface area contributed by atoms with Gasteiger partial charge in [0, 0.05) is 11.6 Å². The van der Waals surface area contributed by atoms with Crippen molar-refractivity contribution in [3.63, 3.8) is 0 Å². The summed E-state index contributed by atoms with van der Waals surface area (Å²) in [5.74, 6) is -1.57. The lowest BCUT2D eigenvalue weighted by molar-refractivity contribution is -0.138. The second-order valence-corrected chi connectivity index (χ2v) is 4.65. The minimum Gasteiger partial charge on any atom is -0.508 e. The summed E-state index contributed by atoms with van der Waals surface area (Å²) in [6.07, 6.45) is 0.0990. The third-order valence-electron chi connectivity index (χ3n) is 3.31. The van der Waals surface area contributed by atoms with E-state index in [0.29, 0.717) is 16.9 Å². The SMILES string of the molecule is COc1ccccc1C(Cc1ccc(O)cc1O)C(=O)O. The molecule has 2 rings (SSSR count). The fraction of sp³-hybridized carbons (Fsp3) is 0.188. The number of hydrogen-bond donors (Lipinski definition) is 3. The van der Waals surface area contributed by atoms with E-state index < -0.39 is 11.9 Å². The van der Waals surface area contributed by atoms with Crippen molar-refractivity contribution in [3.05, 3.63) is 53.6 Å². The first-order chi connectivity index (χ1) is 10.0. The van der Waals surface area contributed by atoms with Gasteiger partial charge in [-0.1, -0.05) is 24.3 Å². The van der Waals surface area contributed by atoms with Crippen molar-refractivity contribution in [2.45, 2.75) is 12.3 Å². The zero-order valence-corrected chi connectivity index (χ0v) is 11.5. The Morgan fingerprint density at radius 3 is 2.52 bits per heavy atom. The van der Waals surface area contributed by atoms with Gasteiger partial charge < -0.3 is 20.1 Å². The van der Waals surface area contributed by atoms with E-state index in [9.17, 15) is 20.1 Å². The molecule has 5 nitrogen and oxygen atoms in total. The molecule has 0 aliphatic carbocycles. The number of para-hydroxylation sites is 1. The fourth-order valence-corrected chi connectivity index (χ4v) is 2.23. The lowest BCUT2D eigenvalue weighted by Gasteiger charge is -2.16. The van der Waals surface area contributed by atoms with Gasteiger partial charge in [-0.3, -0.25) is 4.79 Å². The van der Waals surface area contributed by atoms with Crippen LogP contribution in [-0.2, 0) is 11.2 Å². The lowest BCUT2D eigenvalue weighted by Crippen LogP contribution is -2.15. The van der Waals surface area contributed by atoms with Gasteiger partial charge >= 0.3 is 5.97 Å². The zero-order valence-electron chi connectivity index (χ0n) is 11.5. The van der Waals surface area contributed by atoms with Crippen LogP contribution in [-0.4, -0.2) is 28.4 Å². The molecule has 0 fully saturated rings. The first-order valence-corrected chi connectivity index (χ1v) is 6.39. The van der Waals surface area contributed by atoms with Crippen LogP contribution in [0, 0.1) is 0 Å². The number of aromatic hydroxyl groups is 2. The quantitative estimate of drug-likeness (QED) is 0.787. The van der Waals surface area contributed by atoms with Gasteiger partial charge in [-0.2, -0.15) is 0 Å². The molecule has 0 saturated carbocycles. The van der Waals surface area contributed by atoms with Gasteiger partial charge in [0.15, 0.2) is 0 Å². The van der Waals surface area contributed by atoms with Crippen molar-refractivity contribution in [3.8, 4) is 17.2 Å². The Morgan fingerprint density at radius 2 is 1.90 bits per heavy atom. The number of ether oxygens (including phenoxy) is 1. The van der Waals surface area contributed by atoms with Crippen LogP contribution in [0.25, 0.3) is 0 Å². The maximum atomic E-state index is 11.6. The van der Waals surface area contributed by atoms with Crippen molar-refractivity contribution in [2.75, 3.05) is 7.11 Å². The monoisotopic (exact) mass is 288 g/mol. The highest BCUT2D eigenvalue weighted by Crippen LogP contribution is 2.32. The van der Waals surface area contributed by atoms with Gasteiger partial charge in [0.1, 0.15) is 17.2 Å². The predicted octanol–water partition coefficient (Wildman–Crippen LogP) is 2.52. The maximum absolute atomic E-state index is 11.6. The largest absolute Gasteiger partial charge is 0.508 e. The van der Waals surface area contributed by atoms with Gasteiger partial charge in [-0.15, -0.1) is 0 Å². The molecule has 0 spiro atoms. The van der Waals surface area contributed by atoms with Crippen LogP contribution in [0.2, 0.25) is 0 Å². The van der Waals surface area contributed by atoms with Crippen molar-refractivity contribution in [2.24, 2.45) is 0 Å². The van der Waals surface area contributed by atoms with Crippen LogP contribution in [0.1, 0.15) is 17.0 Å². The number of benzene rings is 2. The number of carboxylic acids is 1. The smallest absolute Gasteiger partial charge is 0.311 e. The Kier molecular flexibility index (Phi) is 4.33. The van der Waals surface area contributed by atoms with Crippen molar-refractivity contribution in [1.29, 1.82) is 0 Å². The van der Waals surface area contributed by atoms with Gasteiger partial charge in [0.25, 0.3) is 0 Å². The third kappa shape index (κ3) is 3.25. The minimum atomic E-state index is -1.01. The topological polar surface area (TPSA) is 87.0 Å². The molecule has 21 heavy (non-hydrogen) atoms. The molecule has 2 aromatic carbocycles. The number of phenols is 2. The molecule has 1 unspecified atom stereocenters. The standard InChI is InChI=1S/C16H16O5/c1-21-15-5-3-2-4-12(15)13(16(19)20)8-10-6-7-11(17)9-14(10)18/h2-7,9,13,17-18H,8H2,1H3,(H,19,20). The molecule has 5 heteroatoms. The Bertz CT molecular complexity index is 651. The molecule has 0 amide bonds. The molecule has 3 N–H and O–H groups in total. The first kappa shape index (κ1) is 14.7. The van der Waals surface area contributed by atoms with Crippen LogP contribution >= 0.6 is 0 Å². The summed E-state index contributed by atoms with van der Waals surface area (Å²) in [6, 6.07) is 11.0. The molecule has 0 aromatic heterocycles. The normalized spacial score (nSPS) is 11.9. The molecule has 0 saturated heterocycles. The second-order valence-electron chi connectivity index (χ2n) is 4.65. The number of hydrogen-bond acceptors (Lipinski definition) is 4. The summed E-state index contributed by atoms with van der Waals surface area (Å²) in [7, 11) is 1.48. The molecule has 0 heterocycles. The summed E-state index contributed by atoms with van der Waals surface area (Å²) in [5.41, 5.74) is 0.992. The number of aliphatic carboxylic acids is 1. The van der Waals surface area contributed by atoms with Gasteiger partial charge in [-0.05, 0) is 24.1 Å². The van der Waals surface area contributed by atoms with Crippen LogP contribution in [0.4, 0.5) is 0 Å². The Balaban J connectivity index is 2.38. The molecule has 0 aliphatic rings. The third-order valence-corrected chi connectivity index (χ3v) is 3.31. The predicted molar refractivity (Wildman–Crippen MR) is 76.8 cm³/mol. The van der Waals surface area contributed by atoms with Crippen molar-refractivity contribution >= 4 is 5.97 Å². The average Bonchev–Trinajstić information content (AvgIpc) is 2.46. The fourth-order valence-electron chi connectivity index (χ4n) is 2.23. The van der Waals surface area contributed by atoms with E-state index in [4.69, 9.17) is 4.74 Å². The molecule has 0 bridgehead atoms. The highest BCUT2D eigenvalue weighted by Gasteiger charge is 2.24. The van der Waals surface area contributed by atoms with E-state index in [2.05, 4.69) is 0 Å². The van der Waals surface area contributed by atoms with Crippen molar-refractivity contribution in [1.82, 2.24) is 0 Å². The summed E-state index contributed by atoms with van der Waals surface area (Å²) in [6.45, 7) is 0. The highest BCUT2D eigenvalue weighted by molar-refractivity contribution is 5.78. The maximum Gasteiger partial charge on any atom is 0.311 e. The summed E-state index contributed by atoms with van der Waals surface area (Å²) < 4.78 is 5.20. The Labute approximate surface area is 122 Å². The number of carbonyl (C=O) groups is 1. The van der Waals surface area contributed by atoms with E-state index >= 15 is 0 Å². The number of rotatable bonds is 5. The molecule has 0 aliphatic heterocycles. The summed E-state index contributed by atoms with van der Waals surface area (Å²) in [4.78, 5) is 11.6. The summed E-state index contributed by atoms with van der Waals surface area (Å²) >= 11 is 0. The van der Waals surface area contributed by atoms with Gasteiger partial charge in [0.05, 0.1) is 13.0 Å². The first-order valence-electron chi connectivity index (χ1n) is 6.39. The zero-order chi connectivity index (χ0) is 15.4. The van der Waals surface area contributed by atoms with E-state index in [1.54, 1.807) is 24.3 Å². The number of methoxy groups -OCH3 is 1. The summed E-state index contributed by atoms with van der Waals surface area (Å²) in [5, 5.41) is 28.6. The second kappa shape index (κ2) is 6.17. The molecular formula is C16H16O5. The average molecular weight is 288 g/mol. The molecular weight excluding hydrogens is 272 g/mol. The van der Waals surface area contributed by atoms with E-state index in [1.165, 1.54) is 25.3 Å². The molecule has 1 atom stereocenters. The van der Waals surface area contributed by atoms with E-state index in [-0.39, 0.29) is 17.9 Å². The highest BCUT2D eigenvalue weighted by atomic mass is 16.5. The van der Waals surface area contributed by atoms with Crippen molar-refractivity contribution < 1.29 is 24.9 Å². The van der Waals surface area contributed by atoms with Gasteiger partial charge in [-0.25, -0.2) is 0 Å². The molecule has 110 valence electrons. The molecule has 0 radical (unpaired) electrons. The minimum absolute atomic E-state index is 0.0691. The number of carboxylic acid groups (broad SMARTS) is 1. The van der Waals surface area contributed by atoms with Crippen LogP contribution in [0.5, 0.6) is 17.2 Å². The number of phenolic OH excluding ortho intramolecular Hbond substituents is 2. The Morgan fingerprint density at radius 1 is 1.19 bits per heavy atom. The van der Waals surface area contributed by atoms with E-state index in [0.717, 1.165) is 0 Å². The van der Waals surface area contributed by atoms with E-state index in [1.807, 2.05) is 0 Å². The van der Waals surface area contributed by atoms with Crippen LogP contribution < -0.4 is 4.74 Å². The molecule has 2 aromatic rings.